The van der Waals surface area contributed by atoms with E-state index in [0.717, 1.165) is 19.8 Å². The van der Waals surface area contributed by atoms with E-state index in [4.69, 9.17) is 4.74 Å². The van der Waals surface area contributed by atoms with E-state index in [-0.39, 0.29) is 0 Å². The average molecular weight is 142 g/mol. The van der Waals surface area contributed by atoms with Gasteiger partial charge in [0.1, 0.15) is 0 Å². The fourth-order valence-corrected chi connectivity index (χ4v) is 1.06. The molecule has 3 nitrogen and oxygen atoms in total. The van der Waals surface area contributed by atoms with Crippen LogP contribution in [0.25, 0.3) is 0 Å². The SMILES string of the molecule is CN=CN1CCOCC1C. The summed E-state index contributed by atoms with van der Waals surface area (Å²) in [4.78, 5) is 6.15. The van der Waals surface area contributed by atoms with Crippen molar-refractivity contribution >= 4 is 6.34 Å². The van der Waals surface area contributed by atoms with Gasteiger partial charge in [0.25, 0.3) is 0 Å². The third kappa shape index (κ3) is 1.70. The van der Waals surface area contributed by atoms with Crippen LogP contribution in [0.3, 0.4) is 0 Å². The molecule has 0 N–H and O–H groups in total. The highest BCUT2D eigenvalue weighted by molar-refractivity contribution is 5.55. The van der Waals surface area contributed by atoms with Crippen LogP contribution in [0.4, 0.5) is 0 Å². The molecule has 0 aromatic heterocycles. The largest absolute Gasteiger partial charge is 0.377 e. The van der Waals surface area contributed by atoms with Gasteiger partial charge < -0.3 is 9.64 Å². The molecule has 0 spiro atoms. The van der Waals surface area contributed by atoms with Crippen LogP contribution in [0.5, 0.6) is 0 Å². The first-order chi connectivity index (χ1) is 4.84. The van der Waals surface area contributed by atoms with Crippen molar-refractivity contribution in [2.24, 2.45) is 4.99 Å². The zero-order valence-electron chi connectivity index (χ0n) is 6.58. The van der Waals surface area contributed by atoms with E-state index in [1.54, 1.807) is 7.05 Å². The lowest BCUT2D eigenvalue weighted by molar-refractivity contribution is 0.0355. The van der Waals surface area contributed by atoms with Crippen LogP contribution < -0.4 is 0 Å². The molecule has 1 aliphatic heterocycles. The van der Waals surface area contributed by atoms with Gasteiger partial charge in [-0.2, -0.15) is 0 Å². The molecule has 0 aliphatic carbocycles. The maximum absolute atomic E-state index is 5.25. The van der Waals surface area contributed by atoms with Crippen molar-refractivity contribution in [3.8, 4) is 0 Å². The summed E-state index contributed by atoms with van der Waals surface area (Å²) in [7, 11) is 1.79. The van der Waals surface area contributed by atoms with Crippen molar-refractivity contribution in [1.29, 1.82) is 0 Å². The second-order valence-electron chi connectivity index (χ2n) is 2.54. The molecule has 0 saturated carbocycles. The Bertz CT molecular complexity index is 125. The summed E-state index contributed by atoms with van der Waals surface area (Å²) in [5, 5.41) is 0. The van der Waals surface area contributed by atoms with Gasteiger partial charge in [-0.3, -0.25) is 4.99 Å². The van der Waals surface area contributed by atoms with Crippen LogP contribution in [0.2, 0.25) is 0 Å². The van der Waals surface area contributed by atoms with E-state index in [0.29, 0.717) is 6.04 Å². The number of aliphatic imine (C=N–C) groups is 1. The summed E-state index contributed by atoms with van der Waals surface area (Å²) in [5.74, 6) is 0. The molecule has 10 heavy (non-hydrogen) atoms. The van der Waals surface area contributed by atoms with E-state index in [2.05, 4.69) is 16.8 Å². The Morgan fingerprint density at radius 2 is 2.50 bits per heavy atom. The summed E-state index contributed by atoms with van der Waals surface area (Å²) in [5.41, 5.74) is 0. The Labute approximate surface area is 61.7 Å². The number of hydrogen-bond donors (Lipinski definition) is 0. The molecule has 0 bridgehead atoms. The maximum Gasteiger partial charge on any atom is 0.0850 e. The van der Waals surface area contributed by atoms with Crippen LogP contribution >= 0.6 is 0 Å². The highest BCUT2D eigenvalue weighted by Gasteiger charge is 2.14. The minimum absolute atomic E-state index is 0.484. The third-order valence-corrected chi connectivity index (χ3v) is 1.68. The Balaban J connectivity index is 2.39. The van der Waals surface area contributed by atoms with Crippen molar-refractivity contribution < 1.29 is 4.74 Å². The normalized spacial score (nSPS) is 27.8. The highest BCUT2D eigenvalue weighted by atomic mass is 16.5. The molecule has 58 valence electrons. The van der Waals surface area contributed by atoms with E-state index < -0.39 is 0 Å². The molecule has 1 atom stereocenters. The molecular formula is C7H14N2O. The predicted molar refractivity (Wildman–Crippen MR) is 41.4 cm³/mol. The zero-order chi connectivity index (χ0) is 7.40. The topological polar surface area (TPSA) is 24.8 Å². The molecule has 1 heterocycles. The van der Waals surface area contributed by atoms with Gasteiger partial charge in [-0.25, -0.2) is 0 Å². The molecule has 0 radical (unpaired) electrons. The molecule has 0 aromatic carbocycles. The lowest BCUT2D eigenvalue weighted by Crippen LogP contribution is -2.42. The summed E-state index contributed by atoms with van der Waals surface area (Å²) < 4.78 is 5.25. The molecule has 0 aromatic rings. The summed E-state index contributed by atoms with van der Waals surface area (Å²) in [6, 6.07) is 0.484. The van der Waals surface area contributed by atoms with Crippen LogP contribution in [0.1, 0.15) is 6.92 Å². The summed E-state index contributed by atoms with van der Waals surface area (Å²) in [6.07, 6.45) is 1.88. The van der Waals surface area contributed by atoms with Crippen molar-refractivity contribution in [3.05, 3.63) is 0 Å². The van der Waals surface area contributed by atoms with Crippen molar-refractivity contribution in [1.82, 2.24) is 4.90 Å². The molecule has 0 amide bonds. The van der Waals surface area contributed by atoms with E-state index in [1.807, 2.05) is 6.34 Å². The minimum atomic E-state index is 0.484. The fourth-order valence-electron chi connectivity index (χ4n) is 1.06. The summed E-state index contributed by atoms with van der Waals surface area (Å²) in [6.45, 7) is 4.77. The van der Waals surface area contributed by atoms with Gasteiger partial charge in [0.05, 0.1) is 25.6 Å². The first kappa shape index (κ1) is 7.54. The lowest BCUT2D eigenvalue weighted by Gasteiger charge is -2.31. The van der Waals surface area contributed by atoms with Crippen LogP contribution in [0.15, 0.2) is 4.99 Å². The second kappa shape index (κ2) is 3.56. The van der Waals surface area contributed by atoms with Crippen molar-refractivity contribution in [3.63, 3.8) is 0 Å². The van der Waals surface area contributed by atoms with Gasteiger partial charge in [-0.15, -0.1) is 0 Å². The number of nitrogens with zero attached hydrogens (tertiary/aromatic N) is 2. The standard InChI is InChI=1S/C7H14N2O/c1-7-5-10-4-3-9(7)6-8-2/h6-7H,3-5H2,1-2H3. The summed E-state index contributed by atoms with van der Waals surface area (Å²) >= 11 is 0. The lowest BCUT2D eigenvalue weighted by atomic mass is 10.3. The van der Waals surface area contributed by atoms with E-state index in [1.165, 1.54) is 0 Å². The maximum atomic E-state index is 5.25. The zero-order valence-corrected chi connectivity index (χ0v) is 6.58. The van der Waals surface area contributed by atoms with Crippen LogP contribution in [-0.4, -0.2) is 44.1 Å². The van der Waals surface area contributed by atoms with Crippen molar-refractivity contribution in [2.75, 3.05) is 26.8 Å². The quantitative estimate of drug-likeness (QED) is 0.390. The van der Waals surface area contributed by atoms with Gasteiger partial charge in [0.15, 0.2) is 0 Å². The molecular weight excluding hydrogens is 128 g/mol. The predicted octanol–water partition coefficient (Wildman–Crippen LogP) is 0.365. The van der Waals surface area contributed by atoms with E-state index in [9.17, 15) is 0 Å². The van der Waals surface area contributed by atoms with Crippen LogP contribution in [-0.2, 0) is 4.74 Å². The van der Waals surface area contributed by atoms with Gasteiger partial charge in [0, 0.05) is 13.6 Å². The number of ether oxygens (including phenoxy) is 1. The Morgan fingerprint density at radius 3 is 3.10 bits per heavy atom. The van der Waals surface area contributed by atoms with Crippen molar-refractivity contribution in [2.45, 2.75) is 13.0 Å². The molecule has 1 saturated heterocycles. The monoisotopic (exact) mass is 142 g/mol. The van der Waals surface area contributed by atoms with Crippen LogP contribution in [0, 0.1) is 0 Å². The van der Waals surface area contributed by atoms with Gasteiger partial charge in [-0.1, -0.05) is 0 Å². The molecule has 1 unspecified atom stereocenters. The third-order valence-electron chi connectivity index (χ3n) is 1.68. The Morgan fingerprint density at radius 1 is 1.70 bits per heavy atom. The van der Waals surface area contributed by atoms with Gasteiger partial charge in [-0.05, 0) is 6.92 Å². The number of morpholine rings is 1. The first-order valence-corrected chi connectivity index (χ1v) is 3.60. The van der Waals surface area contributed by atoms with E-state index >= 15 is 0 Å². The average Bonchev–Trinajstić information content (AvgIpc) is 1.94. The Kier molecular flexibility index (Phi) is 2.68. The number of rotatable bonds is 1. The highest BCUT2D eigenvalue weighted by Crippen LogP contribution is 2.02. The Hall–Kier alpha value is -0.570. The van der Waals surface area contributed by atoms with Gasteiger partial charge >= 0.3 is 0 Å². The minimum Gasteiger partial charge on any atom is -0.377 e. The smallest absolute Gasteiger partial charge is 0.0850 e. The molecule has 1 fully saturated rings. The number of hydrogen-bond acceptors (Lipinski definition) is 2. The molecule has 1 rings (SSSR count). The molecule has 3 heteroatoms. The molecule has 1 aliphatic rings. The second-order valence-corrected chi connectivity index (χ2v) is 2.54. The fraction of sp³-hybridized carbons (Fsp3) is 0.857. The first-order valence-electron chi connectivity index (χ1n) is 3.60. The van der Waals surface area contributed by atoms with Gasteiger partial charge in [0.2, 0.25) is 0 Å².